The van der Waals surface area contributed by atoms with E-state index in [1.54, 1.807) is 0 Å². The van der Waals surface area contributed by atoms with Crippen molar-refractivity contribution in [1.29, 1.82) is 0 Å². The predicted molar refractivity (Wildman–Crippen MR) is 336 cm³/mol. The number of aliphatic hydroxyl groups excluding tert-OH is 2. The molecule has 0 aliphatic carbocycles. The molecule has 0 spiro atoms. The zero-order valence-electron chi connectivity index (χ0n) is 50.6. The van der Waals surface area contributed by atoms with E-state index in [2.05, 4.69) is 92.1 Å². The molecule has 4 nitrogen and oxygen atoms in total. The SMILES string of the molecule is CC/C=C\C/C=C\C/C=C\C/C=C\C/C=C\C/C=C\CCCCCCCCCCCCCCC(=O)NC(CO)C(O)CCCCCCCCCCCCCCCCCCCCCCCCCCCCCCCCCC. The standard InChI is InChI=1S/C71H131NO3/c1-3-5-7-9-11-13-15-17-19-21-23-25-27-29-31-33-35-37-38-40-42-44-46-48-50-52-54-56-58-60-62-64-66-70(74)69(68-73)72-71(75)67-65-63-61-59-57-55-53-51-49-47-45-43-41-39-36-34-32-30-28-26-24-22-20-18-16-14-12-10-8-6-4-2/h6,8,12,14,18,20,24,26,30,32,36,39,69-70,73-74H,3-5,7,9-11,13,15-17,19,21-23,25,27-29,31,33-35,37-38,40-68H2,1-2H3,(H,72,75)/b8-6-,14-12-,20-18-,26-24-,32-30-,39-36-. The van der Waals surface area contributed by atoms with Crippen LogP contribution in [0.2, 0.25) is 0 Å². The van der Waals surface area contributed by atoms with Gasteiger partial charge in [0.05, 0.1) is 18.8 Å². The lowest BCUT2D eigenvalue weighted by atomic mass is 10.0. The van der Waals surface area contributed by atoms with Crippen LogP contribution in [0.5, 0.6) is 0 Å². The number of nitrogens with one attached hydrogen (secondary N) is 1. The van der Waals surface area contributed by atoms with Crippen LogP contribution in [-0.4, -0.2) is 34.9 Å². The van der Waals surface area contributed by atoms with Gasteiger partial charge >= 0.3 is 0 Å². The van der Waals surface area contributed by atoms with Crippen LogP contribution >= 0.6 is 0 Å². The lowest BCUT2D eigenvalue weighted by molar-refractivity contribution is -0.123. The molecule has 0 saturated heterocycles. The highest BCUT2D eigenvalue weighted by molar-refractivity contribution is 5.76. The number of carbonyl (C=O) groups excluding carboxylic acids is 1. The Morgan fingerprint density at radius 2 is 0.587 bits per heavy atom. The van der Waals surface area contributed by atoms with Crippen LogP contribution in [-0.2, 0) is 4.79 Å². The maximum atomic E-state index is 12.6. The van der Waals surface area contributed by atoms with E-state index in [0.717, 1.165) is 64.2 Å². The summed E-state index contributed by atoms with van der Waals surface area (Å²) in [6.45, 7) is 4.28. The number of aliphatic hydroxyl groups is 2. The van der Waals surface area contributed by atoms with Crippen molar-refractivity contribution in [2.75, 3.05) is 6.61 Å². The summed E-state index contributed by atoms with van der Waals surface area (Å²) in [7, 11) is 0. The normalized spacial score (nSPS) is 13.2. The molecule has 0 bridgehead atoms. The Morgan fingerprint density at radius 1 is 0.333 bits per heavy atom. The van der Waals surface area contributed by atoms with Gasteiger partial charge in [0.25, 0.3) is 0 Å². The summed E-state index contributed by atoms with van der Waals surface area (Å²) in [4.78, 5) is 12.6. The third kappa shape index (κ3) is 62.6. The van der Waals surface area contributed by atoms with Gasteiger partial charge < -0.3 is 15.5 Å². The molecule has 438 valence electrons. The van der Waals surface area contributed by atoms with Crippen molar-refractivity contribution >= 4 is 5.91 Å². The Balaban J connectivity index is 3.44. The molecule has 0 fully saturated rings. The Morgan fingerprint density at radius 3 is 0.880 bits per heavy atom. The summed E-state index contributed by atoms with van der Waals surface area (Å²) in [5, 5.41) is 23.5. The first kappa shape index (κ1) is 72.8. The molecule has 0 aromatic heterocycles. The highest BCUT2D eigenvalue weighted by Gasteiger charge is 2.20. The molecule has 1 amide bonds. The van der Waals surface area contributed by atoms with Crippen LogP contribution in [0, 0.1) is 0 Å². The number of hydrogen-bond acceptors (Lipinski definition) is 3. The number of carbonyl (C=O) groups is 1. The van der Waals surface area contributed by atoms with E-state index < -0.39 is 12.1 Å². The number of amides is 1. The second kappa shape index (κ2) is 66.1. The molecule has 0 aliphatic heterocycles. The number of rotatable bonds is 62. The molecule has 0 heterocycles. The molecular weight excluding hydrogens is 915 g/mol. The van der Waals surface area contributed by atoms with Crippen molar-refractivity contribution in [3.05, 3.63) is 72.9 Å². The van der Waals surface area contributed by atoms with E-state index in [4.69, 9.17) is 0 Å². The molecule has 0 aromatic rings. The Bertz CT molecular complexity index is 1280. The van der Waals surface area contributed by atoms with Crippen molar-refractivity contribution in [2.45, 2.75) is 366 Å². The van der Waals surface area contributed by atoms with Gasteiger partial charge in [-0.05, 0) is 64.2 Å². The first-order valence-electron chi connectivity index (χ1n) is 33.6. The average molecular weight is 1050 g/mol. The number of unbranched alkanes of at least 4 members (excludes halogenated alkanes) is 43. The monoisotopic (exact) mass is 1050 g/mol. The lowest BCUT2D eigenvalue weighted by Crippen LogP contribution is -2.45. The van der Waals surface area contributed by atoms with Crippen LogP contribution in [0.3, 0.4) is 0 Å². The van der Waals surface area contributed by atoms with E-state index in [1.807, 2.05) is 0 Å². The molecule has 2 atom stereocenters. The minimum Gasteiger partial charge on any atom is -0.394 e. The van der Waals surface area contributed by atoms with Gasteiger partial charge in [-0.25, -0.2) is 0 Å². The summed E-state index contributed by atoms with van der Waals surface area (Å²) in [5.74, 6) is -0.0310. The smallest absolute Gasteiger partial charge is 0.220 e. The summed E-state index contributed by atoms with van der Waals surface area (Å²) >= 11 is 0. The van der Waals surface area contributed by atoms with Gasteiger partial charge in [0.2, 0.25) is 5.91 Å². The molecule has 0 saturated carbocycles. The fourth-order valence-corrected chi connectivity index (χ4v) is 10.4. The fourth-order valence-electron chi connectivity index (χ4n) is 10.4. The van der Waals surface area contributed by atoms with Gasteiger partial charge in [-0.1, -0.05) is 356 Å². The maximum absolute atomic E-state index is 12.6. The van der Waals surface area contributed by atoms with Crippen LogP contribution in [0.25, 0.3) is 0 Å². The molecule has 3 N–H and O–H groups in total. The number of allylic oxidation sites excluding steroid dienone is 12. The minimum atomic E-state index is -0.666. The first-order valence-corrected chi connectivity index (χ1v) is 33.6. The van der Waals surface area contributed by atoms with Gasteiger partial charge in [-0.2, -0.15) is 0 Å². The molecular formula is C71H131NO3. The minimum absolute atomic E-state index is 0.0310. The zero-order valence-corrected chi connectivity index (χ0v) is 50.6. The van der Waals surface area contributed by atoms with E-state index in [-0.39, 0.29) is 12.5 Å². The van der Waals surface area contributed by atoms with E-state index >= 15 is 0 Å². The summed E-state index contributed by atoms with van der Waals surface area (Å²) in [6.07, 6.45) is 95.1. The number of hydrogen-bond donors (Lipinski definition) is 3. The Labute approximate surface area is 469 Å². The van der Waals surface area contributed by atoms with Crippen LogP contribution in [0.4, 0.5) is 0 Å². The second-order valence-electron chi connectivity index (χ2n) is 22.9. The van der Waals surface area contributed by atoms with Crippen molar-refractivity contribution in [1.82, 2.24) is 5.32 Å². The maximum Gasteiger partial charge on any atom is 0.220 e. The van der Waals surface area contributed by atoms with Gasteiger partial charge in [0.15, 0.2) is 0 Å². The molecule has 75 heavy (non-hydrogen) atoms. The molecule has 4 heteroatoms. The lowest BCUT2D eigenvalue weighted by Gasteiger charge is -2.22. The molecule has 2 unspecified atom stereocenters. The molecule has 0 radical (unpaired) electrons. The predicted octanol–water partition coefficient (Wildman–Crippen LogP) is 22.9. The molecule has 0 aromatic carbocycles. The van der Waals surface area contributed by atoms with Crippen LogP contribution < -0.4 is 5.32 Å². The fraction of sp³-hybridized carbons (Fsp3) is 0.817. The second-order valence-corrected chi connectivity index (χ2v) is 22.9. The van der Waals surface area contributed by atoms with Crippen molar-refractivity contribution in [2.24, 2.45) is 0 Å². The van der Waals surface area contributed by atoms with E-state index in [0.29, 0.717) is 12.8 Å². The Kier molecular flexibility index (Phi) is 64.2. The van der Waals surface area contributed by atoms with Gasteiger partial charge in [-0.15, -0.1) is 0 Å². The third-order valence-corrected chi connectivity index (χ3v) is 15.5. The first-order chi connectivity index (χ1) is 37.2. The van der Waals surface area contributed by atoms with Crippen molar-refractivity contribution < 1.29 is 15.0 Å². The molecule has 0 aliphatic rings. The largest absolute Gasteiger partial charge is 0.394 e. The van der Waals surface area contributed by atoms with E-state index in [1.165, 1.54) is 263 Å². The summed E-state index contributed by atoms with van der Waals surface area (Å²) in [6, 6.07) is -0.543. The highest BCUT2D eigenvalue weighted by Crippen LogP contribution is 2.19. The quantitative estimate of drug-likeness (QED) is 0.0420. The third-order valence-electron chi connectivity index (χ3n) is 15.5. The van der Waals surface area contributed by atoms with Gasteiger partial charge in [0, 0.05) is 6.42 Å². The van der Waals surface area contributed by atoms with Crippen LogP contribution in [0.1, 0.15) is 354 Å². The highest BCUT2D eigenvalue weighted by atomic mass is 16.3. The zero-order chi connectivity index (χ0) is 54.1. The van der Waals surface area contributed by atoms with Crippen molar-refractivity contribution in [3.63, 3.8) is 0 Å². The van der Waals surface area contributed by atoms with E-state index in [9.17, 15) is 15.0 Å². The Hall–Kier alpha value is -2.17. The van der Waals surface area contributed by atoms with Crippen LogP contribution in [0.15, 0.2) is 72.9 Å². The topological polar surface area (TPSA) is 69.6 Å². The average Bonchev–Trinajstić information content (AvgIpc) is 3.41. The summed E-state index contributed by atoms with van der Waals surface area (Å²) < 4.78 is 0. The van der Waals surface area contributed by atoms with Gasteiger partial charge in [0.1, 0.15) is 0 Å². The molecule has 0 rings (SSSR count). The van der Waals surface area contributed by atoms with Crippen molar-refractivity contribution in [3.8, 4) is 0 Å². The van der Waals surface area contributed by atoms with Gasteiger partial charge in [-0.3, -0.25) is 4.79 Å². The summed E-state index contributed by atoms with van der Waals surface area (Å²) in [5.41, 5.74) is 0.